The number of pyridine rings is 1. The van der Waals surface area contributed by atoms with Gasteiger partial charge in [0.1, 0.15) is 0 Å². The van der Waals surface area contributed by atoms with E-state index < -0.39 is 10.2 Å². The third kappa shape index (κ3) is 2.93. The third-order valence-corrected chi connectivity index (χ3v) is 5.02. The van der Waals surface area contributed by atoms with Gasteiger partial charge in [0.15, 0.2) is 0 Å². The second-order valence-corrected chi connectivity index (χ2v) is 6.45. The third-order valence-electron chi connectivity index (χ3n) is 3.06. The molecule has 1 atom stereocenters. The molecular weight excluding hydrogens is 274 g/mol. The molecule has 1 aliphatic rings. The molecule has 0 aliphatic carbocycles. The van der Waals surface area contributed by atoms with Crippen LogP contribution in [0.5, 0.6) is 0 Å². The molecule has 5 nitrogen and oxygen atoms in total. The van der Waals surface area contributed by atoms with Crippen LogP contribution >= 0.6 is 11.6 Å². The van der Waals surface area contributed by atoms with Gasteiger partial charge >= 0.3 is 10.2 Å². The standard InChI is InChI=1S/C11H16ClN3O2S/c1-9-4-2-3-7-15(9)18(16,17)14-11-8-13-6-5-10(11)12/h5-6,8-9,14H,2-4,7H2,1H3. The molecule has 0 radical (unpaired) electrons. The molecule has 0 saturated carbocycles. The smallest absolute Gasteiger partial charge is 0.268 e. The lowest BCUT2D eigenvalue weighted by atomic mass is 10.1. The minimum atomic E-state index is -3.55. The lowest BCUT2D eigenvalue weighted by Crippen LogP contribution is -2.44. The second kappa shape index (κ2) is 5.42. The van der Waals surface area contributed by atoms with Crippen LogP contribution in [-0.2, 0) is 10.2 Å². The number of nitrogens with zero attached hydrogens (tertiary/aromatic N) is 2. The van der Waals surface area contributed by atoms with E-state index in [0.29, 0.717) is 17.3 Å². The molecule has 100 valence electrons. The molecule has 1 aromatic rings. The van der Waals surface area contributed by atoms with E-state index in [1.165, 1.54) is 16.7 Å². The summed E-state index contributed by atoms with van der Waals surface area (Å²) in [5.41, 5.74) is 0.317. The molecule has 0 spiro atoms. The fourth-order valence-electron chi connectivity index (χ4n) is 2.08. The molecule has 1 fully saturated rings. The summed E-state index contributed by atoms with van der Waals surface area (Å²) in [5.74, 6) is 0. The summed E-state index contributed by atoms with van der Waals surface area (Å²) >= 11 is 5.92. The lowest BCUT2D eigenvalue weighted by Gasteiger charge is -2.32. The van der Waals surface area contributed by atoms with Crippen LogP contribution in [-0.4, -0.2) is 30.3 Å². The predicted molar refractivity (Wildman–Crippen MR) is 71.8 cm³/mol. The number of piperidine rings is 1. The van der Waals surface area contributed by atoms with Gasteiger partial charge in [0.2, 0.25) is 0 Å². The average Bonchev–Trinajstić information content (AvgIpc) is 2.32. The largest absolute Gasteiger partial charge is 0.301 e. The Morgan fingerprint density at radius 1 is 1.50 bits per heavy atom. The number of hydrogen-bond donors (Lipinski definition) is 1. The lowest BCUT2D eigenvalue weighted by molar-refractivity contribution is 0.270. The van der Waals surface area contributed by atoms with Gasteiger partial charge in [-0.25, -0.2) is 0 Å². The maximum atomic E-state index is 12.2. The minimum absolute atomic E-state index is 0.0201. The molecule has 1 unspecified atom stereocenters. The van der Waals surface area contributed by atoms with Crippen molar-refractivity contribution >= 4 is 27.5 Å². The van der Waals surface area contributed by atoms with E-state index in [1.54, 1.807) is 6.07 Å². The number of aromatic nitrogens is 1. The van der Waals surface area contributed by atoms with Crippen LogP contribution in [0.1, 0.15) is 26.2 Å². The molecule has 1 aromatic heterocycles. The Kier molecular flexibility index (Phi) is 4.09. The average molecular weight is 290 g/mol. The van der Waals surface area contributed by atoms with Crippen LogP contribution in [0, 0.1) is 0 Å². The van der Waals surface area contributed by atoms with E-state index in [2.05, 4.69) is 9.71 Å². The molecule has 0 bridgehead atoms. The van der Waals surface area contributed by atoms with Crippen molar-refractivity contribution in [2.75, 3.05) is 11.3 Å². The first-order chi connectivity index (χ1) is 8.50. The van der Waals surface area contributed by atoms with E-state index in [4.69, 9.17) is 11.6 Å². The van der Waals surface area contributed by atoms with Crippen LogP contribution in [0.2, 0.25) is 5.02 Å². The minimum Gasteiger partial charge on any atom is -0.268 e. The van der Waals surface area contributed by atoms with Crippen molar-refractivity contribution in [1.29, 1.82) is 0 Å². The van der Waals surface area contributed by atoms with Gasteiger partial charge in [-0.15, -0.1) is 0 Å². The Morgan fingerprint density at radius 2 is 2.28 bits per heavy atom. The van der Waals surface area contributed by atoms with Gasteiger partial charge in [0, 0.05) is 18.8 Å². The zero-order chi connectivity index (χ0) is 13.2. The van der Waals surface area contributed by atoms with Crippen LogP contribution in [0.3, 0.4) is 0 Å². The first-order valence-corrected chi connectivity index (χ1v) is 7.71. The highest BCUT2D eigenvalue weighted by Crippen LogP contribution is 2.24. The second-order valence-electron chi connectivity index (χ2n) is 4.42. The number of hydrogen-bond acceptors (Lipinski definition) is 3. The summed E-state index contributed by atoms with van der Waals surface area (Å²) in [6, 6.07) is 1.57. The first-order valence-electron chi connectivity index (χ1n) is 5.90. The van der Waals surface area contributed by atoms with E-state index in [9.17, 15) is 8.42 Å². The normalized spacial score (nSPS) is 21.8. The molecule has 2 heterocycles. The topological polar surface area (TPSA) is 62.3 Å². The van der Waals surface area contributed by atoms with Gasteiger partial charge in [-0.1, -0.05) is 18.0 Å². The van der Waals surface area contributed by atoms with Gasteiger partial charge in [0.05, 0.1) is 16.9 Å². The Balaban J connectivity index is 2.19. The molecule has 0 aromatic carbocycles. The van der Waals surface area contributed by atoms with Crippen molar-refractivity contribution in [2.24, 2.45) is 0 Å². The molecule has 7 heteroatoms. The van der Waals surface area contributed by atoms with Gasteiger partial charge in [-0.3, -0.25) is 9.71 Å². The molecule has 2 rings (SSSR count). The number of halogens is 1. The summed E-state index contributed by atoms with van der Waals surface area (Å²) in [4.78, 5) is 3.86. The fourth-order valence-corrected chi connectivity index (χ4v) is 3.79. The number of anilines is 1. The van der Waals surface area contributed by atoms with Gasteiger partial charge in [-0.2, -0.15) is 12.7 Å². The fraction of sp³-hybridized carbons (Fsp3) is 0.545. The van der Waals surface area contributed by atoms with Crippen molar-refractivity contribution in [3.63, 3.8) is 0 Å². The first kappa shape index (κ1) is 13.6. The highest BCUT2D eigenvalue weighted by atomic mass is 35.5. The van der Waals surface area contributed by atoms with E-state index >= 15 is 0 Å². The van der Waals surface area contributed by atoms with E-state index in [-0.39, 0.29) is 6.04 Å². The summed E-state index contributed by atoms with van der Waals surface area (Å²) in [6.45, 7) is 2.47. The summed E-state index contributed by atoms with van der Waals surface area (Å²) < 4.78 is 28.5. The quantitative estimate of drug-likeness (QED) is 0.928. The molecule has 1 N–H and O–H groups in total. The van der Waals surface area contributed by atoms with Crippen molar-refractivity contribution in [1.82, 2.24) is 9.29 Å². The van der Waals surface area contributed by atoms with E-state index in [0.717, 1.165) is 19.3 Å². The van der Waals surface area contributed by atoms with Gasteiger partial charge in [0.25, 0.3) is 0 Å². The maximum Gasteiger partial charge on any atom is 0.301 e. The molecular formula is C11H16ClN3O2S. The maximum absolute atomic E-state index is 12.2. The zero-order valence-corrected chi connectivity index (χ0v) is 11.7. The van der Waals surface area contributed by atoms with Crippen molar-refractivity contribution in [3.8, 4) is 0 Å². The van der Waals surface area contributed by atoms with Gasteiger partial charge in [-0.05, 0) is 25.8 Å². The zero-order valence-electron chi connectivity index (χ0n) is 10.1. The van der Waals surface area contributed by atoms with Crippen LogP contribution in [0.4, 0.5) is 5.69 Å². The summed E-state index contributed by atoms with van der Waals surface area (Å²) in [6.07, 6.45) is 5.78. The van der Waals surface area contributed by atoms with E-state index in [1.807, 2.05) is 6.92 Å². The van der Waals surface area contributed by atoms with Crippen molar-refractivity contribution in [3.05, 3.63) is 23.5 Å². The Morgan fingerprint density at radius 3 is 2.94 bits per heavy atom. The summed E-state index contributed by atoms with van der Waals surface area (Å²) in [5, 5.41) is 0.346. The molecule has 0 amide bonds. The van der Waals surface area contributed by atoms with Crippen LogP contribution in [0.15, 0.2) is 18.5 Å². The molecule has 1 aliphatic heterocycles. The SMILES string of the molecule is CC1CCCCN1S(=O)(=O)Nc1cnccc1Cl. The predicted octanol–water partition coefficient (Wildman–Crippen LogP) is 2.27. The highest BCUT2D eigenvalue weighted by Gasteiger charge is 2.29. The van der Waals surface area contributed by atoms with Crippen molar-refractivity contribution < 1.29 is 8.42 Å². The summed E-state index contributed by atoms with van der Waals surface area (Å²) in [7, 11) is -3.55. The highest BCUT2D eigenvalue weighted by molar-refractivity contribution is 7.90. The Labute approximate surface area is 112 Å². The number of rotatable bonds is 3. The molecule has 18 heavy (non-hydrogen) atoms. The monoisotopic (exact) mass is 289 g/mol. The Hall–Kier alpha value is -0.850. The number of nitrogens with one attached hydrogen (secondary N) is 1. The van der Waals surface area contributed by atoms with Crippen LogP contribution in [0.25, 0.3) is 0 Å². The van der Waals surface area contributed by atoms with Crippen LogP contribution < -0.4 is 4.72 Å². The van der Waals surface area contributed by atoms with Gasteiger partial charge < -0.3 is 0 Å². The molecule has 1 saturated heterocycles. The Bertz CT molecular complexity index is 521. The van der Waals surface area contributed by atoms with Crippen molar-refractivity contribution in [2.45, 2.75) is 32.2 Å².